The SMILES string of the molecule is O=C(NC1CCCN(CCF)C1)[C@@H]1CC[C@@H](Cc2ncc3c(Br)nn(-c4cc(F)c5ncccc5c4)c3n2)C1. The number of alkyl halides is 1. The third-order valence-corrected chi connectivity index (χ3v) is 8.54. The van der Waals surface area contributed by atoms with Crippen LogP contribution in [0.4, 0.5) is 8.78 Å². The Hall–Kier alpha value is -3.05. The van der Waals surface area contributed by atoms with E-state index in [2.05, 4.69) is 41.2 Å². The van der Waals surface area contributed by atoms with Gasteiger partial charge in [-0.2, -0.15) is 5.10 Å². The third-order valence-electron chi connectivity index (χ3n) is 7.95. The van der Waals surface area contributed by atoms with Gasteiger partial charge < -0.3 is 5.32 Å². The number of nitrogens with one attached hydrogen (secondary N) is 1. The van der Waals surface area contributed by atoms with Gasteiger partial charge in [-0.1, -0.05) is 6.07 Å². The van der Waals surface area contributed by atoms with Crippen LogP contribution in [-0.2, 0) is 11.2 Å². The van der Waals surface area contributed by atoms with Gasteiger partial charge in [-0.05, 0) is 72.6 Å². The predicted molar refractivity (Wildman–Crippen MR) is 148 cm³/mol. The normalized spacial score (nSPS) is 22.1. The summed E-state index contributed by atoms with van der Waals surface area (Å²) in [6, 6.07) is 6.94. The van der Waals surface area contributed by atoms with Crippen molar-refractivity contribution in [2.75, 3.05) is 26.3 Å². The topological polar surface area (TPSA) is 88.8 Å². The first kappa shape index (κ1) is 26.2. The van der Waals surface area contributed by atoms with Crippen LogP contribution < -0.4 is 5.32 Å². The van der Waals surface area contributed by atoms with E-state index in [1.807, 2.05) is 12.1 Å². The Morgan fingerprint density at radius 2 is 2.10 bits per heavy atom. The van der Waals surface area contributed by atoms with Crippen molar-refractivity contribution in [2.24, 2.45) is 11.8 Å². The molecule has 1 N–H and O–H groups in total. The summed E-state index contributed by atoms with van der Waals surface area (Å²) in [5, 5.41) is 9.19. The van der Waals surface area contributed by atoms with Crippen LogP contribution in [0.25, 0.3) is 27.6 Å². The van der Waals surface area contributed by atoms with Crippen molar-refractivity contribution in [3.05, 3.63) is 52.9 Å². The number of rotatable bonds is 7. The lowest BCUT2D eigenvalue weighted by Gasteiger charge is -2.33. The van der Waals surface area contributed by atoms with Gasteiger partial charge in [-0.25, -0.2) is 23.4 Å². The number of hydrogen-bond donors (Lipinski definition) is 1. The molecular formula is C28H30BrF2N7O. The van der Waals surface area contributed by atoms with Gasteiger partial charge in [0.15, 0.2) is 11.5 Å². The highest BCUT2D eigenvalue weighted by atomic mass is 79.9. The standard InChI is InChI=1S/C28H30BrF2N7O/c29-26-22-15-33-24(35-27(22)38(36-26)21-13-18-3-1-8-32-25(18)23(31)14-21)12-17-5-6-19(11-17)28(39)34-20-4-2-9-37(16-20)10-7-30/h1,3,8,13-15,17,19-20H,2,4-7,9-12,16H2,(H,34,39)/t17-,19-,20?/m1/s1. The molecule has 1 saturated heterocycles. The number of likely N-dealkylation sites (tertiary alicyclic amines) is 1. The van der Waals surface area contributed by atoms with Crippen LogP contribution in [0, 0.1) is 17.7 Å². The fourth-order valence-electron chi connectivity index (χ4n) is 6.01. The monoisotopic (exact) mass is 597 g/mol. The highest BCUT2D eigenvalue weighted by Gasteiger charge is 2.32. The van der Waals surface area contributed by atoms with E-state index >= 15 is 0 Å². The Balaban J connectivity index is 1.15. The minimum absolute atomic E-state index is 0.0239. The number of nitrogens with zero attached hydrogens (tertiary/aromatic N) is 6. The third kappa shape index (κ3) is 5.51. The Bertz CT molecular complexity index is 1510. The molecule has 11 heteroatoms. The van der Waals surface area contributed by atoms with Crippen LogP contribution in [0.1, 0.15) is 37.9 Å². The van der Waals surface area contributed by atoms with E-state index < -0.39 is 5.82 Å². The second-order valence-corrected chi connectivity index (χ2v) is 11.4. The number of benzene rings is 1. The molecule has 0 bridgehead atoms. The van der Waals surface area contributed by atoms with Gasteiger partial charge in [-0.15, -0.1) is 0 Å². The molecule has 0 spiro atoms. The number of carbonyl (C=O) groups is 1. The number of aromatic nitrogens is 5. The molecule has 1 aliphatic heterocycles. The van der Waals surface area contributed by atoms with E-state index in [1.54, 1.807) is 23.1 Å². The first-order valence-corrected chi connectivity index (χ1v) is 14.3. The van der Waals surface area contributed by atoms with Gasteiger partial charge in [0.25, 0.3) is 0 Å². The lowest BCUT2D eigenvalue weighted by Crippen LogP contribution is -2.49. The highest BCUT2D eigenvalue weighted by Crippen LogP contribution is 2.34. The minimum atomic E-state index is -0.421. The fourth-order valence-corrected chi connectivity index (χ4v) is 6.45. The summed E-state index contributed by atoms with van der Waals surface area (Å²) in [5.41, 5.74) is 1.46. The molecule has 4 aromatic rings. The van der Waals surface area contributed by atoms with Gasteiger partial charge in [0, 0.05) is 55.3 Å². The molecule has 2 aliphatic rings. The predicted octanol–water partition coefficient (Wildman–Crippen LogP) is 4.77. The maximum Gasteiger partial charge on any atom is 0.223 e. The molecule has 1 aromatic carbocycles. The first-order valence-electron chi connectivity index (χ1n) is 13.5. The van der Waals surface area contributed by atoms with Crippen molar-refractivity contribution < 1.29 is 13.6 Å². The van der Waals surface area contributed by atoms with Gasteiger partial charge in [-0.3, -0.25) is 14.7 Å². The largest absolute Gasteiger partial charge is 0.352 e. The molecule has 6 rings (SSSR count). The van der Waals surface area contributed by atoms with E-state index in [4.69, 9.17) is 4.98 Å². The molecule has 3 aromatic heterocycles. The quantitative estimate of drug-likeness (QED) is 0.330. The molecule has 1 unspecified atom stereocenters. The summed E-state index contributed by atoms with van der Waals surface area (Å²) in [6.45, 7) is 1.70. The van der Waals surface area contributed by atoms with Crippen molar-refractivity contribution in [2.45, 2.75) is 44.6 Å². The van der Waals surface area contributed by atoms with Crippen LogP contribution in [0.5, 0.6) is 0 Å². The molecule has 0 radical (unpaired) electrons. The van der Waals surface area contributed by atoms with E-state index in [9.17, 15) is 13.6 Å². The summed E-state index contributed by atoms with van der Waals surface area (Å²) < 4.78 is 29.7. The van der Waals surface area contributed by atoms with Crippen LogP contribution in [0.2, 0.25) is 0 Å². The van der Waals surface area contributed by atoms with Gasteiger partial charge in [0.2, 0.25) is 5.91 Å². The number of fused-ring (bicyclic) bond motifs is 2. The highest BCUT2D eigenvalue weighted by molar-refractivity contribution is 9.10. The number of pyridine rings is 1. The number of hydrogen-bond acceptors (Lipinski definition) is 6. The Labute approximate surface area is 233 Å². The van der Waals surface area contributed by atoms with E-state index in [0.29, 0.717) is 51.5 Å². The van der Waals surface area contributed by atoms with Gasteiger partial charge >= 0.3 is 0 Å². The van der Waals surface area contributed by atoms with Crippen molar-refractivity contribution in [3.8, 4) is 5.69 Å². The maximum atomic E-state index is 14.8. The molecule has 204 valence electrons. The fraction of sp³-hybridized carbons (Fsp3) is 0.464. The van der Waals surface area contributed by atoms with Gasteiger partial charge in [0.1, 0.15) is 22.6 Å². The summed E-state index contributed by atoms with van der Waals surface area (Å²) in [4.78, 5) is 28.6. The van der Waals surface area contributed by atoms with Crippen LogP contribution in [0.3, 0.4) is 0 Å². The molecular weight excluding hydrogens is 568 g/mol. The van der Waals surface area contributed by atoms with Crippen LogP contribution >= 0.6 is 15.9 Å². The van der Waals surface area contributed by atoms with Crippen molar-refractivity contribution in [3.63, 3.8) is 0 Å². The van der Waals surface area contributed by atoms with E-state index in [1.165, 1.54) is 6.07 Å². The van der Waals surface area contributed by atoms with Crippen molar-refractivity contribution >= 4 is 43.8 Å². The molecule has 1 aliphatic carbocycles. The minimum Gasteiger partial charge on any atom is -0.352 e. The molecule has 39 heavy (non-hydrogen) atoms. The molecule has 8 nitrogen and oxygen atoms in total. The smallest absolute Gasteiger partial charge is 0.223 e. The second kappa shape index (κ2) is 11.2. The molecule has 1 amide bonds. The van der Waals surface area contributed by atoms with E-state index in [-0.39, 0.29) is 24.5 Å². The second-order valence-electron chi connectivity index (χ2n) is 10.6. The van der Waals surface area contributed by atoms with Crippen molar-refractivity contribution in [1.29, 1.82) is 0 Å². The number of halogens is 3. The average molecular weight is 598 g/mol. The number of piperidine rings is 1. The average Bonchev–Trinajstić information content (AvgIpc) is 3.53. The maximum absolute atomic E-state index is 14.8. The van der Waals surface area contributed by atoms with E-state index in [0.717, 1.165) is 50.6 Å². The summed E-state index contributed by atoms with van der Waals surface area (Å²) in [6.07, 6.45) is 8.46. The first-order chi connectivity index (χ1) is 19.0. The summed E-state index contributed by atoms with van der Waals surface area (Å²) in [5.74, 6) is 0.645. The van der Waals surface area contributed by atoms with Crippen molar-refractivity contribution in [1.82, 2.24) is 34.9 Å². The molecule has 1 saturated carbocycles. The summed E-state index contributed by atoms with van der Waals surface area (Å²) >= 11 is 3.49. The molecule has 3 atom stereocenters. The lowest BCUT2D eigenvalue weighted by molar-refractivity contribution is -0.126. The Kier molecular flexibility index (Phi) is 7.53. The summed E-state index contributed by atoms with van der Waals surface area (Å²) in [7, 11) is 0. The number of carbonyl (C=O) groups excluding carboxylic acids is 1. The van der Waals surface area contributed by atoms with Crippen LogP contribution in [-0.4, -0.2) is 67.9 Å². The Morgan fingerprint density at radius 3 is 2.97 bits per heavy atom. The zero-order chi connectivity index (χ0) is 26.9. The number of amides is 1. The van der Waals surface area contributed by atoms with Gasteiger partial charge in [0.05, 0.1) is 11.1 Å². The van der Waals surface area contributed by atoms with Crippen LogP contribution in [0.15, 0.2) is 41.3 Å². The lowest BCUT2D eigenvalue weighted by atomic mass is 9.99. The molecule has 4 heterocycles. The Morgan fingerprint density at radius 1 is 1.21 bits per heavy atom. The zero-order valence-electron chi connectivity index (χ0n) is 21.5. The molecule has 2 fully saturated rings. The zero-order valence-corrected chi connectivity index (χ0v) is 23.1.